The van der Waals surface area contributed by atoms with Crippen molar-refractivity contribution in [2.75, 3.05) is 25.0 Å². The second-order valence-electron chi connectivity index (χ2n) is 10.5. The molecule has 0 unspecified atom stereocenters. The molecule has 0 aromatic heterocycles. The topological polar surface area (TPSA) is 178 Å². The minimum atomic E-state index is -1.75. The number of aliphatic carboxylic acids is 1. The summed E-state index contributed by atoms with van der Waals surface area (Å²) in [5, 5.41) is 21.4. The molecule has 0 aliphatic carbocycles. The third kappa shape index (κ3) is 9.53. The minimum absolute atomic E-state index is 0.111. The lowest BCUT2D eigenvalue weighted by Crippen LogP contribution is -2.50. The Labute approximate surface area is 282 Å². The van der Waals surface area contributed by atoms with Gasteiger partial charge in [-0.25, -0.2) is 14.4 Å². The zero-order chi connectivity index (χ0) is 34.6. The second kappa shape index (κ2) is 16.9. The smallest absolute Gasteiger partial charge is 0.410 e. The van der Waals surface area contributed by atoms with Crippen molar-refractivity contribution in [3.05, 3.63) is 75.6 Å². The van der Waals surface area contributed by atoms with Gasteiger partial charge < -0.3 is 34.4 Å². The number of carboxylic acids is 1. The number of carboxylic acid groups (broad SMARTS) is 1. The van der Waals surface area contributed by atoms with Crippen LogP contribution in [0.5, 0.6) is 5.75 Å². The number of para-hydroxylation sites is 1. The van der Waals surface area contributed by atoms with E-state index in [9.17, 15) is 33.4 Å². The molecule has 2 aliphatic rings. The number of halogens is 2. The van der Waals surface area contributed by atoms with E-state index in [0.29, 0.717) is 31.4 Å². The molecule has 4 rings (SSSR count). The first-order valence-electron chi connectivity index (χ1n) is 14.5. The van der Waals surface area contributed by atoms with Crippen LogP contribution in [0.25, 0.3) is 0 Å². The number of ether oxygens (including phenoxy) is 1. The number of phenols is 1. The highest BCUT2D eigenvalue weighted by Gasteiger charge is 2.33. The van der Waals surface area contributed by atoms with Gasteiger partial charge in [0.2, 0.25) is 0 Å². The van der Waals surface area contributed by atoms with Crippen molar-refractivity contribution in [3.63, 3.8) is 0 Å². The van der Waals surface area contributed by atoms with E-state index in [4.69, 9.17) is 9.84 Å². The quantitative estimate of drug-likeness (QED) is 0.129. The number of carbonyl (C=O) groups is 5. The molecule has 2 heterocycles. The molecule has 0 spiro atoms. The van der Waals surface area contributed by atoms with Crippen molar-refractivity contribution in [1.29, 1.82) is 0 Å². The molecule has 0 bridgehead atoms. The molecule has 13 nitrogen and oxygen atoms in total. The highest BCUT2D eigenvalue weighted by molar-refractivity contribution is 9.10. The molecule has 1 radical (unpaired) electrons. The molecular formula is C32H27BBrFN5O8. The number of piperidine rings is 1. The van der Waals surface area contributed by atoms with Gasteiger partial charge >= 0.3 is 31.6 Å². The molecule has 48 heavy (non-hydrogen) atoms. The number of phenolic OH excluding ortho intramolecular Hbond substituents is 1. The van der Waals surface area contributed by atoms with Crippen LogP contribution in [0, 0.1) is 0 Å². The van der Waals surface area contributed by atoms with Gasteiger partial charge in [0.25, 0.3) is 5.91 Å². The minimum Gasteiger partial charge on any atom is -0.507 e. The van der Waals surface area contributed by atoms with Crippen LogP contribution in [0.2, 0.25) is 0 Å². The highest BCUT2D eigenvalue weighted by Crippen LogP contribution is 2.26. The molecule has 2 aromatic rings. The fourth-order valence-electron chi connectivity index (χ4n) is 5.02. The van der Waals surface area contributed by atoms with Crippen LogP contribution in [-0.4, -0.2) is 101 Å². The van der Waals surface area contributed by atoms with E-state index in [0.717, 1.165) is 17.3 Å². The molecule has 0 saturated carbocycles. The Kier molecular flexibility index (Phi) is 12.5. The van der Waals surface area contributed by atoms with Crippen LogP contribution in [0.4, 0.5) is 19.6 Å². The van der Waals surface area contributed by atoms with E-state index in [2.05, 4.69) is 48.6 Å². The van der Waals surface area contributed by atoms with Gasteiger partial charge in [-0.2, -0.15) is 4.99 Å². The van der Waals surface area contributed by atoms with E-state index in [1.807, 2.05) is 30.1 Å². The number of fused-ring (bicyclic) bond motifs is 1. The molecule has 1 saturated heterocycles. The SMILES string of the molecule is O=C(O)C(=O)N=C=C=CC=C=C=NC(=O)[C@@H](Cc1cc(Br)c(O)c([B]F)c1)OC(=O)N1CCC(N2CCc3ccccc3NC2=O)CC1. The number of nitrogens with zero attached hydrogens (tertiary/aromatic N) is 4. The zero-order valence-electron chi connectivity index (χ0n) is 25.2. The molecule has 1 fully saturated rings. The number of likely N-dealkylation sites (tertiary alicyclic amines) is 1. The number of hydrogen-bond acceptors (Lipinski definition) is 7. The standard InChI is InChI=1S/C32H27BBrFN5O8/c34-24-18-20(17-23(33-35)27(24)41)19-26(28(42)36-12-5-1-2-6-13-37-29(43)30(44)45)48-32(47)39-14-10-22(11-15-39)40-16-9-21-7-3-4-8-25(21)38-31(40)46/h1-4,7-8,17-18,22,26,41H,9-11,14-16,19H2,(H,38,46)(H,44,45)/t26-/m1/s1. The van der Waals surface area contributed by atoms with Crippen molar-refractivity contribution in [2.45, 2.75) is 37.8 Å². The van der Waals surface area contributed by atoms with E-state index >= 15 is 0 Å². The van der Waals surface area contributed by atoms with Gasteiger partial charge in [-0.05, 0) is 87.5 Å². The van der Waals surface area contributed by atoms with Crippen molar-refractivity contribution >= 4 is 76.3 Å². The third-order valence-electron chi connectivity index (χ3n) is 7.40. The Morgan fingerprint density at radius 1 is 1.10 bits per heavy atom. The van der Waals surface area contributed by atoms with Crippen LogP contribution >= 0.6 is 15.9 Å². The third-order valence-corrected chi connectivity index (χ3v) is 8.01. The summed E-state index contributed by atoms with van der Waals surface area (Å²) in [4.78, 5) is 70.3. The summed E-state index contributed by atoms with van der Waals surface area (Å²) >= 11 is 3.14. The number of hydrogen-bond donors (Lipinski definition) is 3. The zero-order valence-corrected chi connectivity index (χ0v) is 26.8. The lowest BCUT2D eigenvalue weighted by Gasteiger charge is -2.37. The van der Waals surface area contributed by atoms with Crippen molar-refractivity contribution < 1.29 is 43.2 Å². The van der Waals surface area contributed by atoms with Gasteiger partial charge in [-0.3, -0.25) is 9.59 Å². The maximum Gasteiger partial charge on any atom is 0.410 e. The largest absolute Gasteiger partial charge is 0.507 e. The molecule has 2 aliphatic heterocycles. The normalized spacial score (nSPS) is 14.6. The predicted octanol–water partition coefficient (Wildman–Crippen LogP) is 2.87. The lowest BCUT2D eigenvalue weighted by atomic mass is 9.88. The average Bonchev–Trinajstić information content (AvgIpc) is 3.24. The van der Waals surface area contributed by atoms with E-state index < -0.39 is 30.0 Å². The van der Waals surface area contributed by atoms with Crippen LogP contribution in [0.3, 0.4) is 0 Å². The Balaban J connectivity index is 1.45. The number of amides is 5. The molecule has 1 atom stereocenters. The Hall–Kier alpha value is -5.48. The molecule has 2 aromatic carbocycles. The highest BCUT2D eigenvalue weighted by atomic mass is 79.9. The number of aliphatic imine (C=N–C) groups is 2. The Morgan fingerprint density at radius 3 is 2.48 bits per heavy atom. The maximum atomic E-state index is 13.4. The van der Waals surface area contributed by atoms with Gasteiger partial charge in [0, 0.05) is 49.5 Å². The first-order valence-corrected chi connectivity index (χ1v) is 15.3. The predicted molar refractivity (Wildman–Crippen MR) is 175 cm³/mol. The number of benzene rings is 2. The van der Waals surface area contributed by atoms with E-state index in [1.165, 1.54) is 23.1 Å². The van der Waals surface area contributed by atoms with E-state index in [1.54, 1.807) is 4.90 Å². The van der Waals surface area contributed by atoms with Gasteiger partial charge in [0.15, 0.2) is 6.10 Å². The molecular weight excluding hydrogens is 692 g/mol. The van der Waals surface area contributed by atoms with E-state index in [-0.39, 0.29) is 54.8 Å². The molecule has 3 N–H and O–H groups in total. The van der Waals surface area contributed by atoms with Crippen LogP contribution in [-0.2, 0) is 32.0 Å². The van der Waals surface area contributed by atoms with Crippen LogP contribution < -0.4 is 10.8 Å². The number of nitrogens with one attached hydrogen (secondary N) is 1. The lowest BCUT2D eigenvalue weighted by molar-refractivity contribution is -0.148. The van der Waals surface area contributed by atoms with Crippen LogP contribution in [0.1, 0.15) is 24.0 Å². The Bertz CT molecular complexity index is 1820. The van der Waals surface area contributed by atoms with Crippen molar-refractivity contribution in [1.82, 2.24) is 9.80 Å². The van der Waals surface area contributed by atoms with Crippen molar-refractivity contribution in [2.24, 2.45) is 9.98 Å². The van der Waals surface area contributed by atoms with Gasteiger partial charge in [0.05, 0.1) is 4.47 Å². The number of carbonyl (C=O) groups excluding carboxylic acids is 4. The monoisotopic (exact) mass is 718 g/mol. The first-order chi connectivity index (χ1) is 23.1. The van der Waals surface area contributed by atoms with Crippen LogP contribution in [0.15, 0.2) is 74.5 Å². The summed E-state index contributed by atoms with van der Waals surface area (Å²) < 4.78 is 19.1. The fourth-order valence-corrected chi connectivity index (χ4v) is 5.54. The number of aromatic hydroxyl groups is 1. The summed E-state index contributed by atoms with van der Waals surface area (Å²) in [6.45, 7) is 1.05. The van der Waals surface area contributed by atoms with Gasteiger partial charge in [0.1, 0.15) is 5.75 Å². The molecule has 16 heteroatoms. The first kappa shape index (κ1) is 35.4. The average molecular weight is 719 g/mol. The number of allylic oxidation sites excluding steroid dienone is 2. The van der Waals surface area contributed by atoms with Gasteiger partial charge in [-0.1, -0.05) is 24.3 Å². The Morgan fingerprint density at radius 2 is 1.79 bits per heavy atom. The number of rotatable bonds is 7. The molecule has 5 amide bonds. The summed E-state index contributed by atoms with van der Waals surface area (Å²) in [5.41, 5.74) is 6.68. The summed E-state index contributed by atoms with van der Waals surface area (Å²) in [6, 6.07) is 10.0. The summed E-state index contributed by atoms with van der Waals surface area (Å²) in [5.74, 6) is -0.238. The maximum absolute atomic E-state index is 13.4. The van der Waals surface area contributed by atoms with Gasteiger partial charge in [-0.15, -0.1) is 4.99 Å². The second-order valence-corrected chi connectivity index (χ2v) is 11.3. The fraction of sp³-hybridized carbons (Fsp3) is 0.281. The number of anilines is 1. The number of urea groups is 1. The van der Waals surface area contributed by atoms with Crippen molar-refractivity contribution in [3.8, 4) is 5.75 Å². The summed E-state index contributed by atoms with van der Waals surface area (Å²) in [7, 11) is 0.190. The molecule has 245 valence electrons. The summed E-state index contributed by atoms with van der Waals surface area (Å²) in [6.07, 6.45) is 1.50.